The van der Waals surface area contributed by atoms with E-state index in [1.807, 2.05) is 64.4 Å². The Hall–Kier alpha value is -3.15. The van der Waals surface area contributed by atoms with Crippen molar-refractivity contribution in [1.82, 2.24) is 19.8 Å². The van der Waals surface area contributed by atoms with Crippen molar-refractivity contribution in [3.63, 3.8) is 0 Å². The van der Waals surface area contributed by atoms with Gasteiger partial charge in [-0.3, -0.25) is 9.59 Å². The Balaban J connectivity index is 1.33. The van der Waals surface area contributed by atoms with Gasteiger partial charge < -0.3 is 14.8 Å². The molecule has 1 fully saturated rings. The predicted octanol–water partition coefficient (Wildman–Crippen LogP) is 4.04. The topological polar surface area (TPSA) is 69.3 Å². The number of piperidine rings is 1. The molecule has 0 bridgehead atoms. The van der Waals surface area contributed by atoms with E-state index in [-0.39, 0.29) is 17.9 Å². The molecule has 2 aromatic carbocycles. The van der Waals surface area contributed by atoms with Crippen LogP contribution in [0.4, 0.5) is 0 Å². The lowest BCUT2D eigenvalue weighted by atomic mass is 10.0. The van der Waals surface area contributed by atoms with Gasteiger partial charge in [-0.15, -0.1) is 0 Å². The zero-order valence-electron chi connectivity index (χ0n) is 18.1. The lowest BCUT2D eigenvalue weighted by Crippen LogP contribution is -2.49. The molecule has 1 aliphatic rings. The fourth-order valence-corrected chi connectivity index (χ4v) is 4.39. The fourth-order valence-electron chi connectivity index (χ4n) is 4.39. The summed E-state index contributed by atoms with van der Waals surface area (Å²) in [4.78, 5) is 37.6. The summed E-state index contributed by atoms with van der Waals surface area (Å²) in [6, 6.07) is 17.5. The molecule has 6 heteroatoms. The van der Waals surface area contributed by atoms with Crippen LogP contribution in [-0.2, 0) is 11.2 Å². The third-order valence-electron chi connectivity index (χ3n) is 6.01. The lowest BCUT2D eigenvalue weighted by Gasteiger charge is -2.38. The standard InChI is InChI=1S/C25H30N4O2/c1-2-16-29(24(30)13-12-23-26-21-10-6-7-11-22(21)27-23)20-14-17-28(18-15-20)25(31)19-8-4-3-5-9-19/h3-11,20H,2,12-18H2,1H3,(H,26,27). The molecule has 0 spiro atoms. The number of carbonyl (C=O) groups is 2. The van der Waals surface area contributed by atoms with Crippen LogP contribution in [0.1, 0.15) is 48.8 Å². The number of aromatic nitrogens is 2. The number of hydrogen-bond acceptors (Lipinski definition) is 3. The van der Waals surface area contributed by atoms with Gasteiger partial charge in [0, 0.05) is 44.1 Å². The molecule has 1 saturated heterocycles. The number of carbonyl (C=O) groups excluding carboxylic acids is 2. The quantitative estimate of drug-likeness (QED) is 0.630. The van der Waals surface area contributed by atoms with Gasteiger partial charge in [-0.25, -0.2) is 4.98 Å². The van der Waals surface area contributed by atoms with Crippen LogP contribution in [0.5, 0.6) is 0 Å². The largest absolute Gasteiger partial charge is 0.342 e. The Bertz CT molecular complexity index is 989. The monoisotopic (exact) mass is 418 g/mol. The number of nitrogens with zero attached hydrogens (tertiary/aromatic N) is 3. The molecule has 1 aliphatic heterocycles. The summed E-state index contributed by atoms with van der Waals surface area (Å²) < 4.78 is 0. The molecule has 0 saturated carbocycles. The number of aryl methyl sites for hydroxylation is 1. The van der Waals surface area contributed by atoms with Crippen molar-refractivity contribution in [2.75, 3.05) is 19.6 Å². The second kappa shape index (κ2) is 9.77. The number of fused-ring (bicyclic) bond motifs is 1. The van der Waals surface area contributed by atoms with Gasteiger partial charge in [0.15, 0.2) is 0 Å². The third kappa shape index (κ3) is 4.95. The van der Waals surface area contributed by atoms with Gasteiger partial charge in [0.2, 0.25) is 5.91 Å². The van der Waals surface area contributed by atoms with E-state index in [0.29, 0.717) is 25.9 Å². The van der Waals surface area contributed by atoms with E-state index >= 15 is 0 Å². The second-order valence-corrected chi connectivity index (χ2v) is 8.18. The highest BCUT2D eigenvalue weighted by Crippen LogP contribution is 2.20. The number of likely N-dealkylation sites (tertiary alicyclic amines) is 1. The molecular formula is C25H30N4O2. The normalized spacial score (nSPS) is 14.7. The average molecular weight is 419 g/mol. The van der Waals surface area contributed by atoms with Crippen molar-refractivity contribution in [1.29, 1.82) is 0 Å². The number of aromatic amines is 1. The van der Waals surface area contributed by atoms with Crippen molar-refractivity contribution in [2.45, 2.75) is 45.1 Å². The maximum Gasteiger partial charge on any atom is 0.253 e. The van der Waals surface area contributed by atoms with E-state index < -0.39 is 0 Å². The molecule has 3 aromatic rings. The molecule has 162 valence electrons. The zero-order chi connectivity index (χ0) is 21.6. The zero-order valence-corrected chi connectivity index (χ0v) is 18.1. The lowest BCUT2D eigenvalue weighted by molar-refractivity contribution is -0.134. The van der Waals surface area contributed by atoms with Gasteiger partial charge in [0.1, 0.15) is 5.82 Å². The molecule has 1 N–H and O–H groups in total. The van der Waals surface area contributed by atoms with E-state index in [1.54, 1.807) is 0 Å². The Morgan fingerprint density at radius 2 is 1.77 bits per heavy atom. The Morgan fingerprint density at radius 3 is 2.48 bits per heavy atom. The van der Waals surface area contributed by atoms with Crippen LogP contribution in [0.15, 0.2) is 54.6 Å². The molecule has 0 radical (unpaired) electrons. The first-order valence-electron chi connectivity index (χ1n) is 11.2. The maximum absolute atomic E-state index is 13.1. The number of H-pyrrole nitrogens is 1. The van der Waals surface area contributed by atoms with E-state index in [2.05, 4.69) is 16.9 Å². The molecule has 1 aromatic heterocycles. The average Bonchev–Trinajstić information content (AvgIpc) is 3.24. The number of hydrogen-bond donors (Lipinski definition) is 1. The summed E-state index contributed by atoms with van der Waals surface area (Å²) >= 11 is 0. The molecule has 6 nitrogen and oxygen atoms in total. The Labute approximate surface area is 183 Å². The highest BCUT2D eigenvalue weighted by Gasteiger charge is 2.29. The molecule has 2 amide bonds. The summed E-state index contributed by atoms with van der Waals surface area (Å²) in [6.07, 6.45) is 3.64. The van der Waals surface area contributed by atoms with Gasteiger partial charge in [0.25, 0.3) is 5.91 Å². The van der Waals surface area contributed by atoms with E-state index in [0.717, 1.165) is 48.2 Å². The van der Waals surface area contributed by atoms with Gasteiger partial charge in [-0.1, -0.05) is 37.3 Å². The van der Waals surface area contributed by atoms with Crippen LogP contribution in [0.25, 0.3) is 11.0 Å². The summed E-state index contributed by atoms with van der Waals surface area (Å²) in [5.74, 6) is 1.11. The first kappa shape index (κ1) is 21.1. The van der Waals surface area contributed by atoms with Crippen LogP contribution in [-0.4, -0.2) is 57.3 Å². The van der Waals surface area contributed by atoms with Crippen LogP contribution < -0.4 is 0 Å². The van der Waals surface area contributed by atoms with E-state index in [4.69, 9.17) is 0 Å². The van der Waals surface area contributed by atoms with Crippen molar-refractivity contribution in [2.24, 2.45) is 0 Å². The Kier molecular flexibility index (Phi) is 6.65. The minimum absolute atomic E-state index is 0.0808. The highest BCUT2D eigenvalue weighted by molar-refractivity contribution is 5.94. The molecule has 2 heterocycles. The van der Waals surface area contributed by atoms with Gasteiger partial charge in [-0.05, 0) is 43.5 Å². The first-order valence-corrected chi connectivity index (χ1v) is 11.2. The summed E-state index contributed by atoms with van der Waals surface area (Å²) in [5.41, 5.74) is 2.67. The van der Waals surface area contributed by atoms with E-state index in [1.165, 1.54) is 0 Å². The van der Waals surface area contributed by atoms with Crippen LogP contribution in [0.3, 0.4) is 0 Å². The molecule has 0 unspecified atom stereocenters. The number of imidazole rings is 1. The number of nitrogens with one attached hydrogen (secondary N) is 1. The van der Waals surface area contributed by atoms with E-state index in [9.17, 15) is 9.59 Å². The Morgan fingerprint density at radius 1 is 1.06 bits per heavy atom. The van der Waals surface area contributed by atoms with Gasteiger partial charge >= 0.3 is 0 Å². The van der Waals surface area contributed by atoms with Crippen molar-refractivity contribution in [3.8, 4) is 0 Å². The number of benzene rings is 2. The highest BCUT2D eigenvalue weighted by atomic mass is 16.2. The van der Waals surface area contributed by atoms with Crippen molar-refractivity contribution >= 4 is 22.8 Å². The minimum Gasteiger partial charge on any atom is -0.342 e. The minimum atomic E-state index is 0.0808. The van der Waals surface area contributed by atoms with Crippen LogP contribution in [0, 0.1) is 0 Å². The number of rotatable bonds is 7. The van der Waals surface area contributed by atoms with Crippen LogP contribution >= 0.6 is 0 Å². The smallest absolute Gasteiger partial charge is 0.253 e. The first-order chi connectivity index (χ1) is 15.2. The fraction of sp³-hybridized carbons (Fsp3) is 0.400. The predicted molar refractivity (Wildman–Crippen MR) is 122 cm³/mol. The van der Waals surface area contributed by atoms with Gasteiger partial charge in [0.05, 0.1) is 11.0 Å². The number of amides is 2. The van der Waals surface area contributed by atoms with Crippen molar-refractivity contribution in [3.05, 3.63) is 66.0 Å². The summed E-state index contributed by atoms with van der Waals surface area (Å²) in [7, 11) is 0. The van der Waals surface area contributed by atoms with Gasteiger partial charge in [-0.2, -0.15) is 0 Å². The molecule has 0 atom stereocenters. The van der Waals surface area contributed by atoms with Crippen LogP contribution in [0.2, 0.25) is 0 Å². The molecule has 31 heavy (non-hydrogen) atoms. The molecule has 4 rings (SSSR count). The summed E-state index contributed by atoms with van der Waals surface area (Å²) in [6.45, 7) is 4.24. The third-order valence-corrected chi connectivity index (χ3v) is 6.01. The summed E-state index contributed by atoms with van der Waals surface area (Å²) in [5, 5.41) is 0. The SMILES string of the molecule is CCCN(C(=O)CCc1nc2ccccc2[nH]1)C1CCN(C(=O)c2ccccc2)CC1. The molecule has 0 aliphatic carbocycles. The molecular weight excluding hydrogens is 388 g/mol. The number of para-hydroxylation sites is 2. The second-order valence-electron chi connectivity index (χ2n) is 8.18. The maximum atomic E-state index is 13.1. The van der Waals surface area contributed by atoms with Crippen molar-refractivity contribution < 1.29 is 9.59 Å².